The second-order valence-corrected chi connectivity index (χ2v) is 5.06. The first-order chi connectivity index (χ1) is 11.5. The van der Waals surface area contributed by atoms with Gasteiger partial charge in [-0.1, -0.05) is 43.7 Å². The molecule has 1 amide bonds. The van der Waals surface area contributed by atoms with Gasteiger partial charge in [-0.15, -0.1) is 0 Å². The zero-order valence-electron chi connectivity index (χ0n) is 13.7. The summed E-state index contributed by atoms with van der Waals surface area (Å²) in [6.45, 7) is 2.18. The minimum Gasteiger partial charge on any atom is -0.478 e. The van der Waals surface area contributed by atoms with Crippen molar-refractivity contribution in [1.29, 1.82) is 0 Å². The molecule has 0 saturated carbocycles. The Bertz CT molecular complexity index is 631. The first-order valence-corrected chi connectivity index (χ1v) is 7.69. The summed E-state index contributed by atoms with van der Waals surface area (Å²) in [5.41, 5.74) is 6.37. The number of hydrogen-bond acceptors (Lipinski definition) is 3. The van der Waals surface area contributed by atoms with Crippen LogP contribution in [0.25, 0.3) is 0 Å². The highest BCUT2D eigenvalue weighted by Crippen LogP contribution is 2.09. The molecule has 0 fully saturated rings. The van der Waals surface area contributed by atoms with Gasteiger partial charge in [-0.25, -0.2) is 9.59 Å². The number of primary amides is 1. The van der Waals surface area contributed by atoms with Crippen LogP contribution in [0.3, 0.4) is 0 Å². The third-order valence-electron chi connectivity index (χ3n) is 3.08. The Hall–Kier alpha value is -2.89. The lowest BCUT2D eigenvalue weighted by Gasteiger charge is -1.97. The number of amides is 1. The van der Waals surface area contributed by atoms with Crippen LogP contribution in [0, 0.1) is 0 Å². The summed E-state index contributed by atoms with van der Waals surface area (Å²) in [7, 11) is 0. The summed E-state index contributed by atoms with van der Waals surface area (Å²) >= 11 is 0. The highest BCUT2D eigenvalue weighted by Gasteiger charge is 2.06. The lowest BCUT2D eigenvalue weighted by atomic mass is 10.1. The lowest BCUT2D eigenvalue weighted by Crippen LogP contribution is -2.36. The zero-order chi connectivity index (χ0) is 17.8. The predicted molar refractivity (Wildman–Crippen MR) is 90.2 cm³/mol. The molecule has 0 aromatic carbocycles. The zero-order valence-corrected chi connectivity index (χ0v) is 13.7. The Morgan fingerprint density at radius 2 is 2.00 bits per heavy atom. The van der Waals surface area contributed by atoms with E-state index in [9.17, 15) is 9.59 Å². The van der Waals surface area contributed by atoms with E-state index in [4.69, 9.17) is 10.8 Å². The standard InChI is InChI=1S/C10H14.C8H8N2O4/c1-2-7-10-8-5-3-4-6-9-10;9-8(13)14-5-10-3-1-6(2-4-10)7(11)12/h3,5-6,8-9H,2,4,7H2,1H3;1-4H,5H2,(H2-,9,11,12,13)/p+1. The van der Waals surface area contributed by atoms with Gasteiger partial charge in [0, 0.05) is 12.1 Å². The minimum atomic E-state index is -1.01. The van der Waals surface area contributed by atoms with E-state index in [1.54, 1.807) is 0 Å². The van der Waals surface area contributed by atoms with E-state index in [2.05, 4.69) is 42.0 Å². The molecular weight excluding hydrogens is 308 g/mol. The van der Waals surface area contributed by atoms with E-state index >= 15 is 0 Å². The summed E-state index contributed by atoms with van der Waals surface area (Å²) in [6.07, 6.45) is 16.6. The fraction of sp³-hybridized carbons (Fsp3) is 0.278. The number of carboxylic acids is 1. The van der Waals surface area contributed by atoms with Crippen molar-refractivity contribution in [1.82, 2.24) is 0 Å². The van der Waals surface area contributed by atoms with Crippen LogP contribution in [0.1, 0.15) is 36.5 Å². The molecule has 2 rings (SSSR count). The SMILES string of the molecule is CCCC1=CC=CCC=C1.NC(=O)OC[n+]1ccc(C(=O)O)cc1. The van der Waals surface area contributed by atoms with E-state index in [0.29, 0.717) is 0 Å². The number of aromatic carboxylic acids is 1. The number of rotatable bonds is 5. The Morgan fingerprint density at radius 3 is 2.58 bits per heavy atom. The first kappa shape index (κ1) is 19.2. The third-order valence-corrected chi connectivity index (χ3v) is 3.08. The molecule has 0 aliphatic heterocycles. The molecule has 1 heterocycles. The monoisotopic (exact) mass is 331 g/mol. The van der Waals surface area contributed by atoms with Crippen molar-refractivity contribution in [2.45, 2.75) is 32.9 Å². The van der Waals surface area contributed by atoms with Crippen molar-refractivity contribution < 1.29 is 24.0 Å². The topological polar surface area (TPSA) is 93.5 Å². The van der Waals surface area contributed by atoms with Crippen molar-refractivity contribution in [3.8, 4) is 0 Å². The number of allylic oxidation sites excluding steroid dienone is 6. The maximum Gasteiger partial charge on any atom is 0.409 e. The summed E-state index contributed by atoms with van der Waals surface area (Å²) < 4.78 is 5.97. The summed E-state index contributed by atoms with van der Waals surface area (Å²) in [6, 6.07) is 2.79. The van der Waals surface area contributed by atoms with E-state index < -0.39 is 12.1 Å². The molecule has 6 heteroatoms. The molecule has 1 aliphatic carbocycles. The molecule has 0 spiro atoms. The number of aromatic nitrogens is 1. The van der Waals surface area contributed by atoms with Gasteiger partial charge in [0.25, 0.3) is 6.73 Å². The van der Waals surface area contributed by atoms with Gasteiger partial charge in [-0.3, -0.25) is 0 Å². The van der Waals surface area contributed by atoms with Crippen LogP contribution in [0.2, 0.25) is 0 Å². The Balaban J connectivity index is 0.000000254. The van der Waals surface area contributed by atoms with Crippen LogP contribution in [-0.4, -0.2) is 17.2 Å². The average Bonchev–Trinajstić information content (AvgIpc) is 2.83. The van der Waals surface area contributed by atoms with Gasteiger partial charge in [0.2, 0.25) is 0 Å². The van der Waals surface area contributed by atoms with Crippen molar-refractivity contribution in [3.63, 3.8) is 0 Å². The van der Waals surface area contributed by atoms with E-state index in [1.807, 2.05) is 0 Å². The Labute approximate surface area is 141 Å². The number of carboxylic acid groups (broad SMARTS) is 1. The van der Waals surface area contributed by atoms with Gasteiger partial charge in [-0.05, 0) is 18.4 Å². The summed E-state index contributed by atoms with van der Waals surface area (Å²) in [5.74, 6) is -1.01. The fourth-order valence-electron chi connectivity index (χ4n) is 1.90. The highest BCUT2D eigenvalue weighted by molar-refractivity contribution is 5.87. The quantitative estimate of drug-likeness (QED) is 0.811. The molecule has 1 aromatic rings. The van der Waals surface area contributed by atoms with Gasteiger partial charge >= 0.3 is 12.1 Å². The van der Waals surface area contributed by atoms with Crippen molar-refractivity contribution in [3.05, 3.63) is 66.0 Å². The molecule has 0 atom stereocenters. The number of pyridine rings is 1. The highest BCUT2D eigenvalue weighted by atomic mass is 16.6. The van der Waals surface area contributed by atoms with Crippen molar-refractivity contribution >= 4 is 12.1 Å². The van der Waals surface area contributed by atoms with Crippen molar-refractivity contribution in [2.24, 2.45) is 5.73 Å². The molecule has 128 valence electrons. The average molecular weight is 331 g/mol. The predicted octanol–water partition coefficient (Wildman–Crippen LogP) is 2.95. The number of carbonyl (C=O) groups is 2. The first-order valence-electron chi connectivity index (χ1n) is 7.69. The molecule has 0 saturated heterocycles. The maximum atomic E-state index is 10.5. The molecule has 24 heavy (non-hydrogen) atoms. The van der Waals surface area contributed by atoms with Crippen molar-refractivity contribution in [2.75, 3.05) is 0 Å². The van der Waals surface area contributed by atoms with Gasteiger partial charge < -0.3 is 15.6 Å². The third kappa shape index (κ3) is 7.93. The molecule has 1 aromatic heterocycles. The minimum absolute atomic E-state index is 0.0325. The molecule has 0 radical (unpaired) electrons. The summed E-state index contributed by atoms with van der Waals surface area (Å²) in [5, 5.41) is 8.58. The smallest absolute Gasteiger partial charge is 0.409 e. The molecule has 0 bridgehead atoms. The second-order valence-electron chi connectivity index (χ2n) is 5.06. The van der Waals surface area contributed by atoms with Gasteiger partial charge in [0.15, 0.2) is 12.4 Å². The number of carbonyl (C=O) groups excluding carboxylic acids is 1. The van der Waals surface area contributed by atoms with Crippen LogP contribution in [0.15, 0.2) is 60.5 Å². The van der Waals surface area contributed by atoms with Crippen LogP contribution in [0.4, 0.5) is 4.79 Å². The summed E-state index contributed by atoms with van der Waals surface area (Å²) in [4.78, 5) is 20.7. The lowest BCUT2D eigenvalue weighted by molar-refractivity contribution is -0.727. The van der Waals surface area contributed by atoms with Crippen LogP contribution in [-0.2, 0) is 11.5 Å². The molecule has 6 nitrogen and oxygen atoms in total. The Morgan fingerprint density at radius 1 is 1.29 bits per heavy atom. The van der Waals surface area contributed by atoms with E-state index in [-0.39, 0.29) is 12.3 Å². The normalized spacial score (nSPS) is 12.5. The van der Waals surface area contributed by atoms with Crippen LogP contribution in [0.5, 0.6) is 0 Å². The maximum absolute atomic E-state index is 10.5. The van der Waals surface area contributed by atoms with E-state index in [1.165, 1.54) is 47.5 Å². The number of nitrogens with zero attached hydrogens (tertiary/aromatic N) is 1. The van der Waals surface area contributed by atoms with E-state index in [0.717, 1.165) is 6.42 Å². The molecule has 3 N–H and O–H groups in total. The van der Waals surface area contributed by atoms with Gasteiger partial charge in [0.1, 0.15) is 0 Å². The molecular formula is C18H23N2O4+. The van der Waals surface area contributed by atoms with Gasteiger partial charge in [-0.2, -0.15) is 4.57 Å². The van der Waals surface area contributed by atoms with Gasteiger partial charge in [0.05, 0.1) is 5.56 Å². The van der Waals surface area contributed by atoms with Crippen LogP contribution >= 0.6 is 0 Å². The second kappa shape index (κ2) is 10.8. The number of hydrogen-bond donors (Lipinski definition) is 2. The molecule has 1 aliphatic rings. The van der Waals surface area contributed by atoms with Crippen LogP contribution < -0.4 is 10.3 Å². The molecule has 0 unspecified atom stereocenters. The number of nitrogens with two attached hydrogens (primary N) is 1. The Kier molecular flexibility index (Phi) is 8.60. The largest absolute Gasteiger partial charge is 0.478 e. The fourth-order valence-corrected chi connectivity index (χ4v) is 1.90. The number of ether oxygens (including phenoxy) is 1.